The van der Waals surface area contributed by atoms with Crippen molar-refractivity contribution in [1.29, 1.82) is 0 Å². The van der Waals surface area contributed by atoms with Crippen LogP contribution < -0.4 is 15.5 Å². The van der Waals surface area contributed by atoms with Crippen molar-refractivity contribution in [3.63, 3.8) is 0 Å². The zero-order chi connectivity index (χ0) is 26.2. The molecule has 1 fully saturated rings. The summed E-state index contributed by atoms with van der Waals surface area (Å²) in [6, 6.07) is 21.2. The Bertz CT molecular complexity index is 1160. The van der Waals surface area contributed by atoms with E-state index in [0.717, 1.165) is 11.1 Å². The van der Waals surface area contributed by atoms with Gasteiger partial charge in [0, 0.05) is 38.3 Å². The van der Waals surface area contributed by atoms with Gasteiger partial charge in [0.05, 0.1) is 11.8 Å². The van der Waals surface area contributed by atoms with Crippen LogP contribution in [0.3, 0.4) is 0 Å². The Hall–Kier alpha value is -3.30. The van der Waals surface area contributed by atoms with E-state index in [9.17, 15) is 9.59 Å². The van der Waals surface area contributed by atoms with E-state index in [4.69, 9.17) is 11.6 Å². The first-order valence-electron chi connectivity index (χ1n) is 12.3. The van der Waals surface area contributed by atoms with E-state index in [1.807, 2.05) is 79.4 Å². The molecule has 0 unspecified atom stereocenters. The summed E-state index contributed by atoms with van der Waals surface area (Å²) >= 11 is 7.57. The third-order valence-electron chi connectivity index (χ3n) is 6.10. The molecule has 1 atom stereocenters. The number of nitrogens with zero attached hydrogens (tertiary/aromatic N) is 4. The Morgan fingerprint density at radius 1 is 1.05 bits per heavy atom. The third kappa shape index (κ3) is 7.14. The van der Waals surface area contributed by atoms with Gasteiger partial charge in [0.2, 0.25) is 5.91 Å². The Labute approximate surface area is 226 Å². The van der Waals surface area contributed by atoms with Crippen LogP contribution in [0.2, 0.25) is 5.15 Å². The van der Waals surface area contributed by atoms with Gasteiger partial charge in [-0.25, -0.2) is 14.8 Å². The molecule has 0 saturated carbocycles. The van der Waals surface area contributed by atoms with E-state index in [-0.39, 0.29) is 29.8 Å². The van der Waals surface area contributed by atoms with Crippen LogP contribution in [-0.4, -0.2) is 64.8 Å². The van der Waals surface area contributed by atoms with E-state index in [0.29, 0.717) is 42.3 Å². The van der Waals surface area contributed by atoms with Crippen LogP contribution in [0.1, 0.15) is 31.0 Å². The van der Waals surface area contributed by atoms with Gasteiger partial charge in [-0.3, -0.25) is 4.79 Å². The topological polar surface area (TPSA) is 90.5 Å². The van der Waals surface area contributed by atoms with Crippen LogP contribution in [0.25, 0.3) is 0 Å². The molecule has 10 heteroatoms. The molecule has 0 spiro atoms. The number of urea groups is 1. The van der Waals surface area contributed by atoms with Crippen molar-refractivity contribution < 1.29 is 9.59 Å². The molecule has 0 radical (unpaired) electrons. The normalized spacial score (nSPS) is 15.5. The summed E-state index contributed by atoms with van der Waals surface area (Å²) < 4.78 is 0. The Morgan fingerprint density at radius 2 is 1.70 bits per heavy atom. The van der Waals surface area contributed by atoms with Gasteiger partial charge >= 0.3 is 6.03 Å². The van der Waals surface area contributed by atoms with Crippen LogP contribution in [0.5, 0.6) is 0 Å². The first-order valence-corrected chi connectivity index (χ1v) is 13.7. The van der Waals surface area contributed by atoms with Gasteiger partial charge in [-0.1, -0.05) is 84.0 Å². The predicted molar refractivity (Wildman–Crippen MR) is 148 cm³/mol. The van der Waals surface area contributed by atoms with Gasteiger partial charge in [0.25, 0.3) is 0 Å². The first-order chi connectivity index (χ1) is 17.9. The molecule has 194 valence electrons. The quantitative estimate of drug-likeness (QED) is 0.251. The highest BCUT2D eigenvalue weighted by atomic mass is 35.5. The second kappa shape index (κ2) is 12.8. The van der Waals surface area contributed by atoms with Crippen LogP contribution in [0.15, 0.2) is 71.9 Å². The number of amides is 3. The number of thioether (sulfide) groups is 1. The number of halogens is 1. The van der Waals surface area contributed by atoms with Gasteiger partial charge in [-0.2, -0.15) is 0 Å². The largest absolute Gasteiger partial charge is 0.353 e. The monoisotopic (exact) mass is 538 g/mol. The summed E-state index contributed by atoms with van der Waals surface area (Å²) in [5.74, 6) is 0.714. The molecule has 1 aliphatic heterocycles. The minimum atomic E-state index is -0.256. The molecule has 1 aromatic heterocycles. The number of carbonyl (C=O) groups excluding carboxylic acids is 2. The standard InChI is InChI=1S/C27H31ClN6O2S/c1-3-29-27(36)34-15-14-33(17-19(34)2)23-16-22(28)30-26(31-23)37-18-24(35)32-25(20-10-6-4-7-11-20)21-12-8-5-9-13-21/h4-13,16,19,25H,3,14-15,17-18H2,1-2H3,(H,29,36)(H,32,35)/t19-/m0/s1. The SMILES string of the molecule is CCNC(=O)N1CCN(c2cc(Cl)nc(SCC(=O)NC(c3ccccc3)c3ccccc3)n2)C[C@@H]1C. The number of benzene rings is 2. The van der Waals surface area contributed by atoms with Crippen LogP contribution in [-0.2, 0) is 4.79 Å². The van der Waals surface area contributed by atoms with Crippen molar-refractivity contribution in [2.45, 2.75) is 31.1 Å². The fourth-order valence-corrected chi connectivity index (χ4v) is 5.21. The van der Waals surface area contributed by atoms with Crippen molar-refractivity contribution in [2.75, 3.05) is 36.8 Å². The van der Waals surface area contributed by atoms with Crippen molar-refractivity contribution in [3.05, 3.63) is 83.0 Å². The van der Waals surface area contributed by atoms with Gasteiger partial charge in [-0.15, -0.1) is 0 Å². The summed E-state index contributed by atoms with van der Waals surface area (Å²) in [7, 11) is 0. The number of carbonyl (C=O) groups is 2. The van der Waals surface area contributed by atoms with E-state index in [1.54, 1.807) is 6.07 Å². The molecule has 3 aromatic rings. The number of rotatable bonds is 8. The summed E-state index contributed by atoms with van der Waals surface area (Å²) in [6.45, 7) is 6.36. The first kappa shape index (κ1) is 26.8. The maximum atomic E-state index is 13.0. The highest BCUT2D eigenvalue weighted by molar-refractivity contribution is 7.99. The van der Waals surface area contributed by atoms with Crippen molar-refractivity contribution in [2.24, 2.45) is 0 Å². The average molecular weight is 539 g/mol. The fraction of sp³-hybridized carbons (Fsp3) is 0.333. The van der Waals surface area contributed by atoms with Crippen LogP contribution in [0, 0.1) is 0 Å². The summed E-state index contributed by atoms with van der Waals surface area (Å²) in [6.07, 6.45) is 0. The molecule has 1 saturated heterocycles. The van der Waals surface area contributed by atoms with Crippen molar-refractivity contribution in [1.82, 2.24) is 25.5 Å². The molecule has 1 aliphatic rings. The average Bonchev–Trinajstić information content (AvgIpc) is 2.91. The van der Waals surface area contributed by atoms with E-state index in [1.165, 1.54) is 11.8 Å². The second-order valence-corrected chi connectivity index (χ2v) is 10.1. The number of hydrogen-bond acceptors (Lipinski definition) is 6. The Kier molecular flexibility index (Phi) is 9.24. The molecular formula is C27H31ClN6O2S. The number of nitrogens with one attached hydrogen (secondary N) is 2. The molecule has 3 amide bonds. The van der Waals surface area contributed by atoms with Gasteiger partial charge < -0.3 is 20.4 Å². The highest BCUT2D eigenvalue weighted by Crippen LogP contribution is 2.25. The molecule has 8 nitrogen and oxygen atoms in total. The van der Waals surface area contributed by atoms with Crippen molar-refractivity contribution >= 4 is 41.1 Å². The molecule has 37 heavy (non-hydrogen) atoms. The maximum absolute atomic E-state index is 13.0. The van der Waals surface area contributed by atoms with Gasteiger partial charge in [-0.05, 0) is 25.0 Å². The molecule has 4 rings (SSSR count). The molecule has 0 aliphatic carbocycles. The van der Waals surface area contributed by atoms with Crippen LogP contribution in [0.4, 0.5) is 10.6 Å². The lowest BCUT2D eigenvalue weighted by Crippen LogP contribution is -2.56. The Morgan fingerprint density at radius 3 is 2.30 bits per heavy atom. The minimum Gasteiger partial charge on any atom is -0.353 e. The Balaban J connectivity index is 1.40. The van der Waals surface area contributed by atoms with Gasteiger partial charge in [0.1, 0.15) is 11.0 Å². The zero-order valence-corrected chi connectivity index (χ0v) is 22.5. The van der Waals surface area contributed by atoms with Crippen molar-refractivity contribution in [3.8, 4) is 0 Å². The maximum Gasteiger partial charge on any atom is 0.317 e. The number of anilines is 1. The fourth-order valence-electron chi connectivity index (χ4n) is 4.32. The number of piperazine rings is 1. The lowest BCUT2D eigenvalue weighted by Gasteiger charge is -2.40. The van der Waals surface area contributed by atoms with E-state index < -0.39 is 0 Å². The zero-order valence-electron chi connectivity index (χ0n) is 20.9. The second-order valence-electron chi connectivity index (χ2n) is 8.77. The molecule has 2 N–H and O–H groups in total. The highest BCUT2D eigenvalue weighted by Gasteiger charge is 2.28. The number of hydrogen-bond donors (Lipinski definition) is 2. The smallest absolute Gasteiger partial charge is 0.317 e. The third-order valence-corrected chi connectivity index (χ3v) is 7.15. The minimum absolute atomic E-state index is 0.0174. The number of aromatic nitrogens is 2. The van der Waals surface area contributed by atoms with Crippen LogP contribution >= 0.6 is 23.4 Å². The molecular weight excluding hydrogens is 508 g/mol. The molecule has 2 heterocycles. The van der Waals surface area contributed by atoms with E-state index >= 15 is 0 Å². The molecule has 2 aromatic carbocycles. The van der Waals surface area contributed by atoms with E-state index in [2.05, 4.69) is 25.5 Å². The summed E-state index contributed by atoms with van der Waals surface area (Å²) in [5, 5.41) is 6.76. The molecule has 0 bridgehead atoms. The summed E-state index contributed by atoms with van der Waals surface area (Å²) in [4.78, 5) is 38.1. The lowest BCUT2D eigenvalue weighted by atomic mass is 9.99. The lowest BCUT2D eigenvalue weighted by molar-refractivity contribution is -0.119. The van der Waals surface area contributed by atoms with Gasteiger partial charge in [0.15, 0.2) is 5.16 Å². The summed E-state index contributed by atoms with van der Waals surface area (Å²) in [5.41, 5.74) is 2.02. The predicted octanol–water partition coefficient (Wildman–Crippen LogP) is 4.37.